The summed E-state index contributed by atoms with van der Waals surface area (Å²) in [5, 5.41) is 4.22. The summed E-state index contributed by atoms with van der Waals surface area (Å²) in [4.78, 5) is 14.4. The molecule has 1 atom stereocenters. The normalized spacial score (nSPS) is 15.7. The molecule has 0 saturated heterocycles. The number of hydrogen-bond acceptors (Lipinski definition) is 6. The number of para-hydroxylation sites is 1. The Morgan fingerprint density at radius 2 is 1.85 bits per heavy atom. The SMILES string of the molecule is CCC(=O)Nc1cccc(C2CN(C)Cc3c(Cl)cc(Cl)cc32)c1OCCOCCOCCN. The van der Waals surface area contributed by atoms with Crippen molar-refractivity contribution < 1.29 is 19.0 Å². The van der Waals surface area contributed by atoms with Gasteiger partial charge in [0.1, 0.15) is 12.4 Å². The van der Waals surface area contributed by atoms with Gasteiger partial charge >= 0.3 is 0 Å². The van der Waals surface area contributed by atoms with E-state index in [1.54, 1.807) is 6.07 Å². The first kappa shape index (κ1) is 26.7. The predicted molar refractivity (Wildman–Crippen MR) is 136 cm³/mol. The summed E-state index contributed by atoms with van der Waals surface area (Å²) in [5.74, 6) is 0.529. The molecule has 3 N–H and O–H groups in total. The van der Waals surface area contributed by atoms with Crippen LogP contribution in [0.2, 0.25) is 10.0 Å². The third kappa shape index (κ3) is 7.07. The van der Waals surface area contributed by atoms with Crippen molar-refractivity contribution in [2.75, 3.05) is 58.5 Å². The number of fused-ring (bicyclic) bond motifs is 1. The second-order valence-corrected chi connectivity index (χ2v) is 9.04. The molecular weight excluding hydrogens is 477 g/mol. The Labute approximate surface area is 211 Å². The number of anilines is 1. The zero-order valence-corrected chi connectivity index (χ0v) is 21.3. The Morgan fingerprint density at radius 1 is 1.12 bits per heavy atom. The molecule has 0 saturated carbocycles. The third-order valence-corrected chi connectivity index (χ3v) is 6.17. The number of nitrogens with zero attached hydrogens (tertiary/aromatic N) is 1. The highest BCUT2D eigenvalue weighted by Crippen LogP contribution is 2.43. The summed E-state index contributed by atoms with van der Waals surface area (Å²) >= 11 is 12.9. The minimum absolute atomic E-state index is 0.0241. The number of hydrogen-bond donors (Lipinski definition) is 2. The van der Waals surface area contributed by atoms with Crippen molar-refractivity contribution in [3.8, 4) is 5.75 Å². The lowest BCUT2D eigenvalue weighted by atomic mass is 9.84. The Kier molecular flexibility index (Phi) is 10.4. The van der Waals surface area contributed by atoms with E-state index in [4.69, 9.17) is 43.1 Å². The molecule has 2 aromatic rings. The van der Waals surface area contributed by atoms with Crippen LogP contribution in [0.5, 0.6) is 5.75 Å². The highest BCUT2D eigenvalue weighted by molar-refractivity contribution is 6.35. The van der Waals surface area contributed by atoms with Crippen molar-refractivity contribution in [2.24, 2.45) is 5.73 Å². The van der Waals surface area contributed by atoms with E-state index >= 15 is 0 Å². The molecule has 0 spiro atoms. The quantitative estimate of drug-likeness (QED) is 0.415. The summed E-state index contributed by atoms with van der Waals surface area (Å²) in [6.45, 7) is 5.98. The van der Waals surface area contributed by atoms with E-state index in [0.717, 1.165) is 29.8 Å². The lowest BCUT2D eigenvalue weighted by Gasteiger charge is -2.34. The number of carbonyl (C=O) groups is 1. The molecule has 3 rings (SSSR count). The van der Waals surface area contributed by atoms with Crippen LogP contribution in [0, 0.1) is 0 Å². The molecule has 1 amide bonds. The van der Waals surface area contributed by atoms with Gasteiger partial charge in [0, 0.05) is 47.6 Å². The molecule has 0 bridgehead atoms. The van der Waals surface area contributed by atoms with Gasteiger partial charge in [0.05, 0.1) is 32.1 Å². The van der Waals surface area contributed by atoms with Gasteiger partial charge in [-0.1, -0.05) is 42.3 Å². The molecular formula is C25H33Cl2N3O4. The molecule has 9 heteroatoms. The molecule has 7 nitrogen and oxygen atoms in total. The zero-order chi connectivity index (χ0) is 24.5. The Morgan fingerprint density at radius 3 is 2.59 bits per heavy atom. The Balaban J connectivity index is 1.86. The minimum atomic E-state index is -0.0810. The van der Waals surface area contributed by atoms with Crippen LogP contribution in [0.3, 0.4) is 0 Å². The first-order valence-corrected chi connectivity index (χ1v) is 12.3. The van der Waals surface area contributed by atoms with Gasteiger partial charge in [0.2, 0.25) is 5.91 Å². The van der Waals surface area contributed by atoms with Crippen molar-refractivity contribution in [1.29, 1.82) is 0 Å². The average Bonchev–Trinajstić information content (AvgIpc) is 2.81. The van der Waals surface area contributed by atoms with E-state index in [9.17, 15) is 4.79 Å². The number of amides is 1. The third-order valence-electron chi connectivity index (χ3n) is 5.62. The van der Waals surface area contributed by atoms with E-state index < -0.39 is 0 Å². The molecule has 0 aliphatic carbocycles. The van der Waals surface area contributed by atoms with Crippen molar-refractivity contribution >= 4 is 34.8 Å². The molecule has 1 unspecified atom stereocenters. The highest BCUT2D eigenvalue weighted by atomic mass is 35.5. The monoisotopic (exact) mass is 509 g/mol. The van der Waals surface area contributed by atoms with Gasteiger partial charge in [-0.25, -0.2) is 0 Å². The maximum Gasteiger partial charge on any atom is 0.224 e. The summed E-state index contributed by atoms with van der Waals surface area (Å²) < 4.78 is 17.2. The van der Waals surface area contributed by atoms with Crippen LogP contribution in [0.1, 0.15) is 36.0 Å². The zero-order valence-electron chi connectivity index (χ0n) is 19.7. The minimum Gasteiger partial charge on any atom is -0.489 e. The fraction of sp³-hybridized carbons (Fsp3) is 0.480. The number of nitrogens with two attached hydrogens (primary N) is 1. The number of nitrogens with one attached hydrogen (secondary N) is 1. The lowest BCUT2D eigenvalue weighted by Crippen LogP contribution is -2.31. The van der Waals surface area contributed by atoms with E-state index in [1.165, 1.54) is 0 Å². The van der Waals surface area contributed by atoms with Gasteiger partial charge < -0.3 is 30.2 Å². The summed E-state index contributed by atoms with van der Waals surface area (Å²) in [7, 11) is 2.06. The van der Waals surface area contributed by atoms with E-state index in [0.29, 0.717) is 67.5 Å². The van der Waals surface area contributed by atoms with E-state index in [1.807, 2.05) is 31.2 Å². The van der Waals surface area contributed by atoms with Crippen LogP contribution >= 0.6 is 23.2 Å². The Hall–Kier alpha value is -1.87. The van der Waals surface area contributed by atoms with Crippen LogP contribution in [0.4, 0.5) is 5.69 Å². The van der Waals surface area contributed by atoms with Gasteiger partial charge in [-0.2, -0.15) is 0 Å². The van der Waals surface area contributed by atoms with Gasteiger partial charge in [-0.15, -0.1) is 0 Å². The van der Waals surface area contributed by atoms with Gasteiger partial charge in [-0.05, 0) is 36.4 Å². The predicted octanol–water partition coefficient (Wildman–Crippen LogP) is 4.29. The fourth-order valence-corrected chi connectivity index (χ4v) is 4.62. The van der Waals surface area contributed by atoms with Crippen LogP contribution < -0.4 is 15.8 Å². The number of rotatable bonds is 12. The van der Waals surface area contributed by atoms with Gasteiger partial charge in [-0.3, -0.25) is 4.79 Å². The molecule has 0 aromatic heterocycles. The molecule has 1 aliphatic rings. The number of likely N-dealkylation sites (N-methyl/N-ethyl adjacent to an activating group) is 1. The smallest absolute Gasteiger partial charge is 0.224 e. The number of carbonyl (C=O) groups excluding carboxylic acids is 1. The highest BCUT2D eigenvalue weighted by Gasteiger charge is 2.30. The van der Waals surface area contributed by atoms with Crippen molar-refractivity contribution in [3.63, 3.8) is 0 Å². The standard InChI is InChI=1S/C25H33Cl2N3O4/c1-3-24(31)29-23-6-4-5-18(25(23)34-12-11-33-10-9-32-8-7-28)20-15-30(2)16-21-19(20)13-17(26)14-22(21)27/h4-6,13-14,20H,3,7-12,15-16,28H2,1-2H3,(H,29,31). The Bertz CT molecular complexity index is 973. The van der Waals surface area contributed by atoms with Gasteiger partial charge in [0.25, 0.3) is 0 Å². The first-order chi connectivity index (χ1) is 16.4. The molecule has 186 valence electrons. The summed E-state index contributed by atoms with van der Waals surface area (Å²) in [5.41, 5.74) is 9.14. The van der Waals surface area contributed by atoms with Gasteiger partial charge in [0.15, 0.2) is 0 Å². The topological polar surface area (TPSA) is 86.1 Å². The molecule has 1 aliphatic heterocycles. The number of halogens is 2. The van der Waals surface area contributed by atoms with Crippen molar-refractivity contribution in [2.45, 2.75) is 25.8 Å². The lowest BCUT2D eigenvalue weighted by molar-refractivity contribution is -0.115. The van der Waals surface area contributed by atoms with Crippen molar-refractivity contribution in [1.82, 2.24) is 4.90 Å². The average molecular weight is 510 g/mol. The van der Waals surface area contributed by atoms with Crippen LogP contribution in [-0.4, -0.2) is 64.0 Å². The molecule has 0 radical (unpaired) electrons. The first-order valence-electron chi connectivity index (χ1n) is 11.5. The van der Waals surface area contributed by atoms with Crippen LogP contribution in [0.15, 0.2) is 30.3 Å². The molecule has 1 heterocycles. The van der Waals surface area contributed by atoms with Crippen molar-refractivity contribution in [3.05, 3.63) is 57.1 Å². The molecule has 34 heavy (non-hydrogen) atoms. The number of ether oxygens (including phenoxy) is 3. The second-order valence-electron chi connectivity index (χ2n) is 8.19. The second kappa shape index (κ2) is 13.3. The number of benzene rings is 2. The van der Waals surface area contributed by atoms with Crippen LogP contribution in [0.25, 0.3) is 0 Å². The largest absolute Gasteiger partial charge is 0.489 e. The van der Waals surface area contributed by atoms with E-state index in [-0.39, 0.29) is 11.8 Å². The summed E-state index contributed by atoms with van der Waals surface area (Å²) in [6, 6.07) is 9.57. The molecule has 2 aromatic carbocycles. The summed E-state index contributed by atoms with van der Waals surface area (Å²) in [6.07, 6.45) is 0.371. The fourth-order valence-electron chi connectivity index (χ4n) is 4.05. The maximum atomic E-state index is 12.2. The maximum absolute atomic E-state index is 12.2. The van der Waals surface area contributed by atoms with E-state index in [2.05, 4.69) is 17.3 Å². The molecule has 0 fully saturated rings. The van der Waals surface area contributed by atoms with Crippen LogP contribution in [-0.2, 0) is 20.8 Å².